The Bertz CT molecular complexity index is 715. The summed E-state index contributed by atoms with van der Waals surface area (Å²) >= 11 is 5.26. The molecule has 0 spiro atoms. The molecule has 0 aliphatic carbocycles. The number of carbonyl (C=O) groups is 1. The Kier molecular flexibility index (Phi) is 3.51. The summed E-state index contributed by atoms with van der Waals surface area (Å²) in [4.78, 5) is 11.2. The molecule has 0 amide bonds. The molecule has 4 nitrogen and oxygen atoms in total. The Labute approximate surface area is 116 Å². The lowest BCUT2D eigenvalue weighted by Crippen LogP contribution is -2.08. The maximum Gasteiger partial charge on any atom is 0.435 e. The van der Waals surface area contributed by atoms with Crippen molar-refractivity contribution < 1.29 is 18.0 Å². The highest BCUT2D eigenvalue weighted by molar-refractivity contribution is 6.67. The maximum atomic E-state index is 12.6. The van der Waals surface area contributed by atoms with Crippen molar-refractivity contribution in [1.82, 2.24) is 9.78 Å². The minimum absolute atomic E-state index is 0.142. The van der Waals surface area contributed by atoms with Crippen molar-refractivity contribution in [3.63, 3.8) is 0 Å². The lowest BCUT2D eigenvalue weighted by molar-refractivity contribution is -0.141. The molecule has 8 heteroatoms. The van der Waals surface area contributed by atoms with Gasteiger partial charge in [-0.25, -0.2) is 4.68 Å². The van der Waals surface area contributed by atoms with E-state index in [1.54, 1.807) is 0 Å². The van der Waals surface area contributed by atoms with Gasteiger partial charge in [0.05, 0.1) is 17.3 Å². The van der Waals surface area contributed by atoms with Gasteiger partial charge >= 0.3 is 6.18 Å². The van der Waals surface area contributed by atoms with Gasteiger partial charge in [-0.1, -0.05) is 6.07 Å². The summed E-state index contributed by atoms with van der Waals surface area (Å²) in [7, 11) is 0. The van der Waals surface area contributed by atoms with Crippen molar-refractivity contribution in [1.29, 1.82) is 5.26 Å². The first kappa shape index (κ1) is 14.1. The number of halogens is 4. The molecular formula is C12H5ClF3N3O. The third-order valence-corrected chi connectivity index (χ3v) is 2.61. The normalized spacial score (nSPS) is 11.2. The molecular weight excluding hydrogens is 295 g/mol. The number of hydrogen-bond donors (Lipinski definition) is 0. The molecule has 1 aromatic carbocycles. The van der Waals surface area contributed by atoms with Gasteiger partial charge in [0, 0.05) is 6.07 Å². The van der Waals surface area contributed by atoms with Crippen LogP contribution in [0.1, 0.15) is 21.7 Å². The lowest BCUT2D eigenvalue weighted by Gasteiger charge is -2.05. The molecule has 0 unspecified atom stereocenters. The van der Waals surface area contributed by atoms with E-state index in [1.807, 2.05) is 6.07 Å². The third-order valence-electron chi connectivity index (χ3n) is 2.42. The van der Waals surface area contributed by atoms with Gasteiger partial charge in [-0.3, -0.25) is 4.79 Å². The SMILES string of the molecule is N#Cc1cccc(-n2nc(C(F)(F)F)cc2C(=O)Cl)c1. The van der Waals surface area contributed by atoms with Crippen LogP contribution in [-0.2, 0) is 6.18 Å². The zero-order chi connectivity index (χ0) is 14.9. The predicted molar refractivity (Wildman–Crippen MR) is 63.5 cm³/mol. The van der Waals surface area contributed by atoms with Crippen LogP contribution >= 0.6 is 11.6 Å². The number of carbonyl (C=O) groups excluding carboxylic acids is 1. The van der Waals surface area contributed by atoms with E-state index in [0.717, 1.165) is 4.68 Å². The Balaban J connectivity index is 2.63. The summed E-state index contributed by atoms with van der Waals surface area (Å²) < 4.78 is 38.6. The van der Waals surface area contributed by atoms with Gasteiger partial charge in [0.1, 0.15) is 5.69 Å². The zero-order valence-electron chi connectivity index (χ0n) is 9.65. The molecule has 1 heterocycles. The second kappa shape index (κ2) is 4.98. The number of hydrogen-bond acceptors (Lipinski definition) is 3. The molecule has 0 saturated heterocycles. The summed E-state index contributed by atoms with van der Waals surface area (Å²) in [6, 6.07) is 8.06. The van der Waals surface area contributed by atoms with Crippen LogP contribution in [0, 0.1) is 11.3 Å². The minimum Gasteiger partial charge on any atom is -0.274 e. The van der Waals surface area contributed by atoms with Crippen LogP contribution in [0.15, 0.2) is 30.3 Å². The first-order valence-corrected chi connectivity index (χ1v) is 5.58. The van der Waals surface area contributed by atoms with Crippen molar-refractivity contribution in [2.24, 2.45) is 0 Å². The van der Waals surface area contributed by atoms with Crippen LogP contribution in [-0.4, -0.2) is 15.0 Å². The number of alkyl halides is 3. The molecule has 20 heavy (non-hydrogen) atoms. The summed E-state index contributed by atoms with van der Waals surface area (Å²) in [6.45, 7) is 0. The quantitative estimate of drug-likeness (QED) is 0.800. The molecule has 2 rings (SSSR count). The van der Waals surface area contributed by atoms with E-state index in [4.69, 9.17) is 16.9 Å². The molecule has 2 aromatic rings. The van der Waals surface area contributed by atoms with E-state index in [2.05, 4.69) is 5.10 Å². The lowest BCUT2D eigenvalue weighted by atomic mass is 10.2. The molecule has 0 radical (unpaired) electrons. The molecule has 0 saturated carbocycles. The van der Waals surface area contributed by atoms with Crippen molar-refractivity contribution in [3.8, 4) is 11.8 Å². The fourth-order valence-corrected chi connectivity index (χ4v) is 1.70. The van der Waals surface area contributed by atoms with Crippen LogP contribution in [0.4, 0.5) is 13.2 Å². The average molecular weight is 300 g/mol. The monoisotopic (exact) mass is 299 g/mol. The van der Waals surface area contributed by atoms with E-state index >= 15 is 0 Å². The summed E-state index contributed by atoms with van der Waals surface area (Å²) in [5.41, 5.74) is -1.29. The first-order valence-electron chi connectivity index (χ1n) is 5.20. The van der Waals surface area contributed by atoms with Gasteiger partial charge in [0.15, 0.2) is 5.69 Å². The standard InChI is InChI=1S/C12H5ClF3N3O/c13-11(20)9-5-10(12(14,15)16)18-19(9)8-3-1-2-7(4-8)6-17/h1-5H. The van der Waals surface area contributed by atoms with Gasteiger partial charge in [0.25, 0.3) is 5.24 Å². The number of benzene rings is 1. The van der Waals surface area contributed by atoms with E-state index in [1.165, 1.54) is 24.3 Å². The highest BCUT2D eigenvalue weighted by Gasteiger charge is 2.35. The van der Waals surface area contributed by atoms with Crippen LogP contribution < -0.4 is 0 Å². The number of aromatic nitrogens is 2. The topological polar surface area (TPSA) is 58.7 Å². The van der Waals surface area contributed by atoms with Crippen LogP contribution in [0.3, 0.4) is 0 Å². The molecule has 0 aliphatic rings. The molecule has 102 valence electrons. The Morgan fingerprint density at radius 3 is 2.60 bits per heavy atom. The average Bonchev–Trinajstić information content (AvgIpc) is 2.84. The van der Waals surface area contributed by atoms with E-state index < -0.39 is 22.8 Å². The van der Waals surface area contributed by atoms with Crippen LogP contribution in [0.25, 0.3) is 5.69 Å². The number of rotatable bonds is 2. The fourth-order valence-electron chi connectivity index (χ4n) is 1.56. The summed E-state index contributed by atoms with van der Waals surface area (Å²) in [5.74, 6) is 0. The second-order valence-corrected chi connectivity index (χ2v) is 4.10. The summed E-state index contributed by atoms with van der Waals surface area (Å²) in [5, 5.41) is 11.0. The Morgan fingerprint density at radius 1 is 1.35 bits per heavy atom. The van der Waals surface area contributed by atoms with Crippen molar-refractivity contribution in [2.75, 3.05) is 0 Å². The van der Waals surface area contributed by atoms with Gasteiger partial charge in [-0.2, -0.15) is 23.5 Å². The van der Waals surface area contributed by atoms with Crippen molar-refractivity contribution >= 4 is 16.8 Å². The summed E-state index contributed by atoms with van der Waals surface area (Å²) in [6.07, 6.45) is -4.70. The highest BCUT2D eigenvalue weighted by atomic mass is 35.5. The molecule has 0 atom stereocenters. The largest absolute Gasteiger partial charge is 0.435 e. The van der Waals surface area contributed by atoms with Gasteiger partial charge in [0.2, 0.25) is 0 Å². The number of nitriles is 1. The first-order chi connectivity index (χ1) is 9.32. The van der Waals surface area contributed by atoms with Crippen LogP contribution in [0.2, 0.25) is 0 Å². The van der Waals surface area contributed by atoms with E-state index in [-0.39, 0.29) is 11.3 Å². The minimum atomic E-state index is -4.70. The number of nitrogens with zero attached hydrogens (tertiary/aromatic N) is 3. The van der Waals surface area contributed by atoms with Crippen molar-refractivity contribution in [3.05, 3.63) is 47.3 Å². The smallest absolute Gasteiger partial charge is 0.274 e. The fraction of sp³-hybridized carbons (Fsp3) is 0.0833. The Morgan fingerprint density at radius 2 is 2.05 bits per heavy atom. The molecule has 0 N–H and O–H groups in total. The second-order valence-electron chi connectivity index (χ2n) is 3.76. The maximum absolute atomic E-state index is 12.6. The third kappa shape index (κ3) is 2.65. The Hall–Kier alpha value is -2.33. The molecule has 0 bridgehead atoms. The zero-order valence-corrected chi connectivity index (χ0v) is 10.4. The van der Waals surface area contributed by atoms with Crippen LogP contribution in [0.5, 0.6) is 0 Å². The molecule has 0 fully saturated rings. The highest BCUT2D eigenvalue weighted by Crippen LogP contribution is 2.30. The van der Waals surface area contributed by atoms with E-state index in [0.29, 0.717) is 6.07 Å². The molecule has 0 aliphatic heterocycles. The van der Waals surface area contributed by atoms with Crippen molar-refractivity contribution in [2.45, 2.75) is 6.18 Å². The molecule has 1 aromatic heterocycles. The van der Waals surface area contributed by atoms with Gasteiger partial charge < -0.3 is 0 Å². The van der Waals surface area contributed by atoms with E-state index in [9.17, 15) is 18.0 Å². The van der Waals surface area contributed by atoms with Gasteiger partial charge in [-0.05, 0) is 29.8 Å². The predicted octanol–water partition coefficient (Wildman–Crippen LogP) is 3.14. The van der Waals surface area contributed by atoms with Gasteiger partial charge in [-0.15, -0.1) is 0 Å².